The lowest BCUT2D eigenvalue weighted by Gasteiger charge is -2.15. The van der Waals surface area contributed by atoms with E-state index in [0.717, 1.165) is 11.3 Å². The van der Waals surface area contributed by atoms with Crippen LogP contribution < -0.4 is 19.5 Å². The van der Waals surface area contributed by atoms with Crippen molar-refractivity contribution in [2.24, 2.45) is 5.41 Å². The Morgan fingerprint density at radius 1 is 1.06 bits per heavy atom. The summed E-state index contributed by atoms with van der Waals surface area (Å²) in [6, 6.07) is 11.3. The number of nitrogens with one attached hydrogen (secondary N) is 2. The van der Waals surface area contributed by atoms with Gasteiger partial charge in [-0.1, -0.05) is 43.7 Å². The predicted octanol–water partition coefficient (Wildman–Crippen LogP) is 4.78. The Morgan fingerprint density at radius 3 is 2.34 bits per heavy atom. The van der Waals surface area contributed by atoms with Crippen molar-refractivity contribution in [3.8, 4) is 17.2 Å². The van der Waals surface area contributed by atoms with Crippen LogP contribution in [0.15, 0.2) is 46.8 Å². The van der Waals surface area contributed by atoms with Crippen molar-refractivity contribution in [1.82, 2.24) is 10.2 Å². The van der Waals surface area contributed by atoms with Crippen LogP contribution in [0.2, 0.25) is 5.02 Å². The highest BCUT2D eigenvalue weighted by Gasteiger charge is 2.26. The summed E-state index contributed by atoms with van der Waals surface area (Å²) in [5, 5.41) is 10.4. The summed E-state index contributed by atoms with van der Waals surface area (Å²) in [5.41, 5.74) is -0.555. The van der Waals surface area contributed by atoms with Crippen molar-refractivity contribution in [2.75, 3.05) is 17.1 Å². The third-order valence-electron chi connectivity index (χ3n) is 4.01. The molecule has 0 aliphatic carbocycles. The van der Waals surface area contributed by atoms with Crippen LogP contribution in [0.5, 0.6) is 17.2 Å². The fraction of sp³-hybridized carbons (Fsp3) is 0.250. The highest BCUT2D eigenvalue weighted by atomic mass is 35.5. The largest absolute Gasteiger partial charge is 0.497 e. The Balaban J connectivity index is 1.83. The Bertz CT molecular complexity index is 1220. The van der Waals surface area contributed by atoms with Crippen molar-refractivity contribution in [3.05, 3.63) is 47.5 Å². The van der Waals surface area contributed by atoms with E-state index in [9.17, 15) is 13.2 Å². The minimum atomic E-state index is -4.12. The molecule has 0 aliphatic rings. The number of nitrogens with zero attached hydrogens (tertiary/aromatic N) is 2. The van der Waals surface area contributed by atoms with E-state index in [0.29, 0.717) is 16.5 Å². The van der Waals surface area contributed by atoms with Gasteiger partial charge in [0, 0.05) is 10.4 Å². The third-order valence-corrected chi connectivity index (χ3v) is 6.82. The van der Waals surface area contributed by atoms with Gasteiger partial charge in [0.1, 0.15) is 11.5 Å². The standard InChI is InChI=1S/C20H21ClN4O5S2/c1-20(2,3)17(26)22-18-23-24-19(31-18)32(27,28)25-15-11-12(21)5-10-16(15)30-14-8-6-13(29-4)7-9-14/h5-11,25H,1-4H3,(H,22,23,26). The summed E-state index contributed by atoms with van der Waals surface area (Å²) in [5.74, 6) is 1.04. The van der Waals surface area contributed by atoms with Crippen molar-refractivity contribution in [1.29, 1.82) is 0 Å². The molecule has 3 aromatic rings. The first-order chi connectivity index (χ1) is 15.0. The summed E-state index contributed by atoms with van der Waals surface area (Å²) in [7, 11) is -2.57. The van der Waals surface area contributed by atoms with Gasteiger partial charge in [-0.2, -0.15) is 8.42 Å². The molecule has 0 spiro atoms. The number of rotatable bonds is 7. The quantitative estimate of drug-likeness (QED) is 0.452. The third kappa shape index (κ3) is 5.87. The van der Waals surface area contributed by atoms with E-state index in [4.69, 9.17) is 21.1 Å². The van der Waals surface area contributed by atoms with Crippen LogP contribution in [0.25, 0.3) is 0 Å². The smallest absolute Gasteiger partial charge is 0.291 e. The first kappa shape index (κ1) is 23.8. The van der Waals surface area contributed by atoms with Crippen LogP contribution >= 0.6 is 22.9 Å². The number of amides is 1. The molecule has 0 unspecified atom stereocenters. The molecule has 2 aromatic carbocycles. The van der Waals surface area contributed by atoms with Gasteiger partial charge in [-0.25, -0.2) is 0 Å². The molecule has 0 radical (unpaired) electrons. The highest BCUT2D eigenvalue weighted by molar-refractivity contribution is 7.94. The predicted molar refractivity (Wildman–Crippen MR) is 123 cm³/mol. The van der Waals surface area contributed by atoms with Crippen LogP contribution in [0.3, 0.4) is 0 Å². The molecule has 0 atom stereocenters. The monoisotopic (exact) mass is 496 g/mol. The SMILES string of the molecule is COc1ccc(Oc2ccc(Cl)cc2NS(=O)(=O)c2nnc(NC(=O)C(C)(C)C)s2)cc1. The summed E-state index contributed by atoms with van der Waals surface area (Å²) in [6.45, 7) is 5.18. The van der Waals surface area contributed by atoms with Crippen LogP contribution in [-0.2, 0) is 14.8 Å². The number of methoxy groups -OCH3 is 1. The molecule has 1 aromatic heterocycles. The average Bonchev–Trinajstić information content (AvgIpc) is 3.19. The van der Waals surface area contributed by atoms with Crippen LogP contribution in [0.4, 0.5) is 10.8 Å². The van der Waals surface area contributed by atoms with Gasteiger partial charge < -0.3 is 14.8 Å². The van der Waals surface area contributed by atoms with Crippen molar-refractivity contribution < 1.29 is 22.7 Å². The maximum atomic E-state index is 12.9. The summed E-state index contributed by atoms with van der Waals surface area (Å²) in [4.78, 5) is 12.1. The minimum absolute atomic E-state index is 0.0751. The number of carbonyl (C=O) groups excluding carboxylic acids is 1. The molecule has 2 N–H and O–H groups in total. The fourth-order valence-electron chi connectivity index (χ4n) is 2.28. The Hall–Kier alpha value is -2.89. The van der Waals surface area contributed by atoms with Gasteiger partial charge in [-0.3, -0.25) is 9.52 Å². The van der Waals surface area contributed by atoms with E-state index in [1.54, 1.807) is 64.3 Å². The number of halogens is 1. The zero-order valence-corrected chi connectivity index (χ0v) is 20.1. The number of anilines is 2. The molecule has 32 heavy (non-hydrogen) atoms. The molecule has 9 nitrogen and oxygen atoms in total. The van der Waals surface area contributed by atoms with Crippen molar-refractivity contribution in [2.45, 2.75) is 25.1 Å². The van der Waals surface area contributed by atoms with E-state index >= 15 is 0 Å². The van der Waals surface area contributed by atoms with Crippen LogP contribution in [0, 0.1) is 5.41 Å². The number of hydrogen-bond donors (Lipinski definition) is 2. The van der Waals surface area contributed by atoms with E-state index < -0.39 is 15.4 Å². The van der Waals surface area contributed by atoms with Gasteiger partial charge >= 0.3 is 0 Å². The molecular formula is C20H21ClN4O5S2. The van der Waals surface area contributed by atoms with Crippen molar-refractivity contribution in [3.63, 3.8) is 0 Å². The molecule has 0 fully saturated rings. The number of aromatic nitrogens is 2. The van der Waals surface area contributed by atoms with Crippen LogP contribution in [0.1, 0.15) is 20.8 Å². The number of carbonyl (C=O) groups is 1. The van der Waals surface area contributed by atoms with E-state index in [-0.39, 0.29) is 26.8 Å². The number of benzene rings is 2. The molecule has 0 aliphatic heterocycles. The molecule has 170 valence electrons. The van der Waals surface area contributed by atoms with Gasteiger partial charge in [-0.15, -0.1) is 10.2 Å². The van der Waals surface area contributed by atoms with Gasteiger partial charge in [0.2, 0.25) is 11.0 Å². The molecule has 0 saturated carbocycles. The molecule has 0 bridgehead atoms. The van der Waals surface area contributed by atoms with Gasteiger partial charge in [0.15, 0.2) is 5.75 Å². The molecule has 1 amide bonds. The van der Waals surface area contributed by atoms with E-state index in [1.807, 2.05) is 0 Å². The zero-order valence-electron chi connectivity index (χ0n) is 17.7. The average molecular weight is 497 g/mol. The second-order valence-electron chi connectivity index (χ2n) is 7.60. The van der Waals surface area contributed by atoms with E-state index in [1.165, 1.54) is 6.07 Å². The molecular weight excluding hydrogens is 476 g/mol. The lowest BCUT2D eigenvalue weighted by atomic mass is 9.96. The Labute approximate surface area is 194 Å². The second kappa shape index (κ2) is 9.31. The normalized spacial score (nSPS) is 11.7. The maximum absolute atomic E-state index is 12.9. The number of ether oxygens (including phenoxy) is 2. The minimum Gasteiger partial charge on any atom is -0.497 e. The zero-order chi connectivity index (χ0) is 23.5. The number of hydrogen-bond acceptors (Lipinski definition) is 8. The first-order valence-electron chi connectivity index (χ1n) is 9.27. The summed E-state index contributed by atoms with van der Waals surface area (Å²) >= 11 is 6.79. The summed E-state index contributed by atoms with van der Waals surface area (Å²) in [6.07, 6.45) is 0. The van der Waals surface area contributed by atoms with Gasteiger partial charge in [0.25, 0.3) is 14.4 Å². The van der Waals surface area contributed by atoms with Gasteiger partial charge in [0.05, 0.1) is 12.8 Å². The van der Waals surface area contributed by atoms with E-state index in [2.05, 4.69) is 20.2 Å². The fourth-order valence-corrected chi connectivity index (χ4v) is 4.41. The lowest BCUT2D eigenvalue weighted by molar-refractivity contribution is -0.123. The molecule has 12 heteroatoms. The van der Waals surface area contributed by atoms with Crippen LogP contribution in [-0.4, -0.2) is 31.6 Å². The topological polar surface area (TPSA) is 120 Å². The Kier molecular flexibility index (Phi) is 6.91. The first-order valence-corrected chi connectivity index (χ1v) is 11.9. The van der Waals surface area contributed by atoms with Crippen molar-refractivity contribution >= 4 is 49.7 Å². The maximum Gasteiger partial charge on any atom is 0.291 e. The highest BCUT2D eigenvalue weighted by Crippen LogP contribution is 2.34. The lowest BCUT2D eigenvalue weighted by Crippen LogP contribution is -2.27. The number of sulfonamides is 1. The Morgan fingerprint density at radius 2 is 1.72 bits per heavy atom. The summed E-state index contributed by atoms with van der Waals surface area (Å²) < 4.78 is 38.8. The molecule has 3 rings (SSSR count). The van der Waals surface area contributed by atoms with Gasteiger partial charge in [-0.05, 0) is 42.5 Å². The molecule has 0 saturated heterocycles. The molecule has 1 heterocycles. The second-order valence-corrected chi connectivity index (χ2v) is 10.9.